The van der Waals surface area contributed by atoms with Crippen LogP contribution < -0.4 is 0 Å². The summed E-state index contributed by atoms with van der Waals surface area (Å²) in [7, 11) is -9.86. The quantitative estimate of drug-likeness (QED) is 0.220. The molecular weight excluding hydrogens is 346 g/mol. The number of phosphoric acid groups is 2. The molecule has 0 spiro atoms. The smallest absolute Gasteiger partial charge is 0.364 e. The number of hydrogen-bond acceptors (Lipinski definition) is 5. The highest BCUT2D eigenvalue weighted by atomic mass is 31.3. The lowest BCUT2D eigenvalue weighted by molar-refractivity contribution is 0.190. The number of rotatable bonds is 11. The van der Waals surface area contributed by atoms with Gasteiger partial charge in [0.25, 0.3) is 0 Å². The summed E-state index contributed by atoms with van der Waals surface area (Å²) in [4.78, 5) is 25.9. The van der Waals surface area contributed by atoms with Gasteiger partial charge in [-0.05, 0) is 26.7 Å². The zero-order chi connectivity index (χ0) is 17.9. The first-order chi connectivity index (χ1) is 10.6. The molecule has 0 bridgehead atoms. The van der Waals surface area contributed by atoms with E-state index in [1.807, 2.05) is 13.0 Å². The van der Waals surface area contributed by atoms with Crippen LogP contribution in [0.3, 0.4) is 0 Å². The number of phosphoric ester groups is 1. The molecule has 0 aromatic carbocycles. The van der Waals surface area contributed by atoms with E-state index in [-0.39, 0.29) is 13.2 Å². The maximum Gasteiger partial charge on any atom is 0.481 e. The monoisotopic (exact) mass is 368 g/mol. The molecule has 0 saturated heterocycles. The fraction of sp³-hybridized carbons (Fsp3) is 0.538. The van der Waals surface area contributed by atoms with Gasteiger partial charge < -0.3 is 19.4 Å². The predicted molar refractivity (Wildman–Crippen MR) is 85.3 cm³/mol. The van der Waals surface area contributed by atoms with Crippen molar-refractivity contribution in [2.75, 3.05) is 19.8 Å². The Balaban J connectivity index is 4.13. The van der Waals surface area contributed by atoms with Crippen LogP contribution in [0.25, 0.3) is 0 Å². The van der Waals surface area contributed by atoms with Crippen LogP contribution in [0.4, 0.5) is 0 Å². The molecule has 10 heteroatoms. The minimum atomic E-state index is -5.08. The Hall–Kier alpha value is -0.740. The van der Waals surface area contributed by atoms with Crippen molar-refractivity contribution in [3.63, 3.8) is 0 Å². The van der Waals surface area contributed by atoms with Crippen LogP contribution in [0.5, 0.6) is 0 Å². The van der Waals surface area contributed by atoms with E-state index in [0.29, 0.717) is 13.0 Å². The maximum absolute atomic E-state index is 11.2. The van der Waals surface area contributed by atoms with Crippen LogP contribution in [-0.2, 0) is 22.7 Å². The molecule has 1 unspecified atom stereocenters. The normalized spacial score (nSPS) is 16.0. The Morgan fingerprint density at radius 1 is 1.17 bits per heavy atom. The first kappa shape index (κ1) is 22.3. The van der Waals surface area contributed by atoms with Gasteiger partial charge >= 0.3 is 15.6 Å². The Labute approximate surface area is 136 Å². The van der Waals surface area contributed by atoms with Gasteiger partial charge in [-0.2, -0.15) is 4.31 Å². The lowest BCUT2D eigenvalue weighted by atomic mass is 10.1. The molecule has 0 aromatic rings. The molecule has 132 valence electrons. The highest BCUT2D eigenvalue weighted by Crippen LogP contribution is 2.57. The van der Waals surface area contributed by atoms with Gasteiger partial charge in [-0.25, -0.2) is 9.13 Å². The third-order valence-corrected chi connectivity index (χ3v) is 4.58. The van der Waals surface area contributed by atoms with Gasteiger partial charge in [-0.3, -0.25) is 4.52 Å². The molecule has 23 heavy (non-hydrogen) atoms. The second-order valence-corrected chi connectivity index (χ2v) is 7.50. The molecule has 0 heterocycles. The van der Waals surface area contributed by atoms with Crippen molar-refractivity contribution in [2.24, 2.45) is 0 Å². The summed E-state index contributed by atoms with van der Waals surface area (Å²) >= 11 is 0. The van der Waals surface area contributed by atoms with Crippen LogP contribution in [0.2, 0.25) is 0 Å². The average molecular weight is 368 g/mol. The van der Waals surface area contributed by atoms with E-state index in [9.17, 15) is 9.13 Å². The molecule has 0 amide bonds. The van der Waals surface area contributed by atoms with Crippen LogP contribution in [0, 0.1) is 12.3 Å². The maximum atomic E-state index is 11.2. The fourth-order valence-electron chi connectivity index (χ4n) is 1.41. The lowest BCUT2D eigenvalue weighted by Gasteiger charge is -2.11. The van der Waals surface area contributed by atoms with Crippen LogP contribution in [0.1, 0.15) is 26.7 Å². The van der Waals surface area contributed by atoms with Gasteiger partial charge in [0.15, 0.2) is 0 Å². The zero-order valence-corrected chi connectivity index (χ0v) is 14.8. The first-order valence-electron chi connectivity index (χ1n) is 6.62. The molecule has 0 aliphatic heterocycles. The number of ether oxygens (including phenoxy) is 1. The van der Waals surface area contributed by atoms with E-state index in [0.717, 1.165) is 17.6 Å². The summed E-state index contributed by atoms with van der Waals surface area (Å²) < 4.78 is 34.9. The topological polar surface area (TPSA) is 123 Å². The Kier molecular flexibility index (Phi) is 10.6. The van der Waals surface area contributed by atoms with Crippen molar-refractivity contribution >= 4 is 15.6 Å². The molecule has 8 nitrogen and oxygen atoms in total. The van der Waals surface area contributed by atoms with Crippen molar-refractivity contribution in [1.29, 1.82) is 0 Å². The second kappa shape index (κ2) is 10.9. The van der Waals surface area contributed by atoms with Crippen molar-refractivity contribution in [3.8, 4) is 12.3 Å². The van der Waals surface area contributed by atoms with E-state index in [2.05, 4.69) is 14.8 Å². The summed E-state index contributed by atoms with van der Waals surface area (Å²) in [5.74, 6) is 2.37. The van der Waals surface area contributed by atoms with Gasteiger partial charge in [0.2, 0.25) is 0 Å². The third kappa shape index (κ3) is 14.6. The minimum Gasteiger partial charge on any atom is -0.364 e. The largest absolute Gasteiger partial charge is 0.481 e. The predicted octanol–water partition coefficient (Wildman–Crippen LogP) is 2.54. The van der Waals surface area contributed by atoms with Gasteiger partial charge in [0.1, 0.15) is 6.61 Å². The van der Waals surface area contributed by atoms with E-state index in [1.165, 1.54) is 6.08 Å². The number of hydrogen-bond donors (Lipinski definition) is 3. The average Bonchev–Trinajstić information content (AvgIpc) is 2.35. The molecule has 0 radical (unpaired) electrons. The van der Waals surface area contributed by atoms with Crippen LogP contribution >= 0.6 is 15.6 Å². The SMILES string of the molecule is C#CCOC/C(C)=C/CC/C(C)=C/COP(=O)(O)OP(=O)(O)O. The third-order valence-electron chi connectivity index (χ3n) is 2.43. The van der Waals surface area contributed by atoms with Crippen molar-refractivity contribution in [1.82, 2.24) is 0 Å². The molecule has 0 aliphatic rings. The molecule has 0 fully saturated rings. The van der Waals surface area contributed by atoms with Gasteiger partial charge in [0, 0.05) is 0 Å². The van der Waals surface area contributed by atoms with Crippen molar-refractivity contribution in [3.05, 3.63) is 23.3 Å². The highest BCUT2D eigenvalue weighted by molar-refractivity contribution is 7.60. The standard InChI is InChI=1S/C13H22O8P2/c1-4-9-19-11-13(3)7-5-6-12(2)8-10-20-23(17,18)21-22(14,15)16/h1,7-8H,5-6,9-11H2,2-3H3,(H,17,18)(H2,14,15,16)/b12-8+,13-7+. The zero-order valence-electron chi connectivity index (χ0n) is 13.0. The Bertz CT molecular complexity index is 555. The van der Waals surface area contributed by atoms with E-state index >= 15 is 0 Å². The van der Waals surface area contributed by atoms with Crippen molar-refractivity contribution < 1.29 is 37.4 Å². The van der Waals surface area contributed by atoms with Gasteiger partial charge in [-0.15, -0.1) is 6.42 Å². The lowest BCUT2D eigenvalue weighted by Crippen LogP contribution is -1.96. The van der Waals surface area contributed by atoms with Gasteiger partial charge in [0.05, 0.1) is 13.2 Å². The van der Waals surface area contributed by atoms with E-state index in [1.54, 1.807) is 6.92 Å². The van der Waals surface area contributed by atoms with Gasteiger partial charge in [-0.1, -0.05) is 29.2 Å². The van der Waals surface area contributed by atoms with Crippen LogP contribution in [-0.4, -0.2) is 34.5 Å². The Morgan fingerprint density at radius 2 is 1.83 bits per heavy atom. The Morgan fingerprint density at radius 3 is 2.39 bits per heavy atom. The summed E-state index contributed by atoms with van der Waals surface area (Å²) in [5.41, 5.74) is 1.92. The number of terminal acetylenes is 1. The first-order valence-corrected chi connectivity index (χ1v) is 9.65. The second-order valence-electron chi connectivity index (χ2n) is 4.67. The molecular formula is C13H22O8P2. The summed E-state index contributed by atoms with van der Waals surface area (Å²) in [5, 5.41) is 0. The highest BCUT2D eigenvalue weighted by Gasteiger charge is 2.31. The summed E-state index contributed by atoms with van der Waals surface area (Å²) in [6.45, 7) is 4.14. The van der Waals surface area contributed by atoms with Crippen LogP contribution in [0.15, 0.2) is 23.3 Å². The molecule has 0 aliphatic carbocycles. The minimum absolute atomic E-state index is 0.263. The molecule has 0 rings (SSSR count). The fourth-order valence-corrected chi connectivity index (χ4v) is 2.94. The van der Waals surface area contributed by atoms with Crippen molar-refractivity contribution in [2.45, 2.75) is 26.7 Å². The van der Waals surface area contributed by atoms with E-state index < -0.39 is 15.6 Å². The van der Waals surface area contributed by atoms with E-state index in [4.69, 9.17) is 25.8 Å². The summed E-state index contributed by atoms with van der Waals surface area (Å²) in [6.07, 6.45) is 10.0. The molecule has 3 N–H and O–H groups in total. The molecule has 0 aromatic heterocycles. The molecule has 0 saturated carbocycles. The summed E-state index contributed by atoms with van der Waals surface area (Å²) in [6, 6.07) is 0. The molecule has 1 atom stereocenters. The number of allylic oxidation sites excluding steroid dienone is 2.